The van der Waals surface area contributed by atoms with Crippen LogP contribution in [-0.4, -0.2) is 22.4 Å². The zero-order valence-electron chi connectivity index (χ0n) is 16.4. The fourth-order valence-corrected chi connectivity index (χ4v) is 3.75. The van der Waals surface area contributed by atoms with Crippen molar-refractivity contribution in [1.29, 1.82) is 0 Å². The van der Waals surface area contributed by atoms with E-state index in [2.05, 4.69) is 69.9 Å². The Morgan fingerprint density at radius 2 is 1.63 bits per heavy atom. The molecule has 0 atom stereocenters. The summed E-state index contributed by atoms with van der Waals surface area (Å²) in [5, 5.41) is 2.88. The maximum atomic E-state index is 12.0. The number of hydrogen-bond acceptors (Lipinski definition) is 2. The maximum absolute atomic E-state index is 12.0. The van der Waals surface area contributed by atoms with Gasteiger partial charge in [-0.1, -0.05) is 60.7 Å². The number of aromatic nitrogens is 2. The number of benzene rings is 2. The molecule has 0 bridgehead atoms. The molecule has 30 heavy (non-hydrogen) atoms. The van der Waals surface area contributed by atoms with Crippen LogP contribution in [0, 0.1) is 0 Å². The Morgan fingerprint density at radius 1 is 0.833 bits per heavy atom. The summed E-state index contributed by atoms with van der Waals surface area (Å²) in [7, 11) is 0. The highest BCUT2D eigenvalue weighted by Gasteiger charge is 2.19. The molecule has 146 valence electrons. The van der Waals surface area contributed by atoms with E-state index >= 15 is 0 Å². The molecule has 4 aromatic rings. The fraction of sp³-hybridized carbons (Fsp3) is 0.0769. The Hall–Kier alpha value is -3.92. The molecule has 0 saturated heterocycles. The van der Waals surface area contributed by atoms with E-state index in [0.29, 0.717) is 6.54 Å². The van der Waals surface area contributed by atoms with Crippen LogP contribution in [0.3, 0.4) is 0 Å². The summed E-state index contributed by atoms with van der Waals surface area (Å²) in [4.78, 5) is 19.9. The van der Waals surface area contributed by atoms with Crippen LogP contribution in [0.5, 0.6) is 0 Å². The average Bonchev–Trinajstić information content (AvgIpc) is 3.25. The summed E-state index contributed by atoms with van der Waals surface area (Å²) in [5.74, 6) is -0.00752. The van der Waals surface area contributed by atoms with Crippen molar-refractivity contribution >= 4 is 18.1 Å². The molecule has 0 radical (unpaired) electrons. The number of hydrogen-bond donors (Lipinski definition) is 2. The van der Waals surface area contributed by atoms with Crippen LogP contribution in [0.25, 0.3) is 34.5 Å². The quantitative estimate of drug-likeness (QED) is 0.502. The van der Waals surface area contributed by atoms with E-state index in [-0.39, 0.29) is 5.91 Å². The lowest BCUT2D eigenvalue weighted by molar-refractivity contribution is 0.0946. The minimum absolute atomic E-state index is 0.00752. The predicted octanol–water partition coefficient (Wildman–Crippen LogP) is 5.20. The highest BCUT2D eigenvalue weighted by atomic mass is 16.1. The zero-order valence-corrected chi connectivity index (χ0v) is 16.4. The summed E-state index contributed by atoms with van der Waals surface area (Å²) in [6, 6.07) is 24.8. The molecule has 1 aliphatic rings. The van der Waals surface area contributed by atoms with Crippen LogP contribution in [0.2, 0.25) is 0 Å². The number of nitrogens with zero attached hydrogens (tertiary/aromatic N) is 1. The van der Waals surface area contributed by atoms with Crippen LogP contribution in [0.1, 0.15) is 27.3 Å². The second-order valence-electron chi connectivity index (χ2n) is 7.37. The fourth-order valence-electron chi connectivity index (χ4n) is 3.75. The van der Waals surface area contributed by atoms with E-state index in [0.717, 1.165) is 40.2 Å². The predicted molar refractivity (Wildman–Crippen MR) is 121 cm³/mol. The molecule has 1 amide bonds. The normalized spacial score (nSPS) is 13.3. The van der Waals surface area contributed by atoms with Crippen LogP contribution >= 0.6 is 0 Å². The molecule has 2 N–H and O–H groups in total. The van der Waals surface area contributed by atoms with E-state index < -0.39 is 0 Å². The van der Waals surface area contributed by atoms with Gasteiger partial charge >= 0.3 is 0 Å². The van der Waals surface area contributed by atoms with Crippen molar-refractivity contribution in [2.45, 2.75) is 6.42 Å². The van der Waals surface area contributed by atoms with Crippen LogP contribution in [-0.2, 0) is 6.42 Å². The lowest BCUT2D eigenvalue weighted by Gasteiger charge is -2.10. The third kappa shape index (κ3) is 3.67. The van der Waals surface area contributed by atoms with Crippen LogP contribution in [0.4, 0.5) is 0 Å². The first kappa shape index (κ1) is 18.1. The molecule has 3 heterocycles. The second kappa shape index (κ2) is 7.84. The second-order valence-corrected chi connectivity index (χ2v) is 7.37. The number of aromatic amines is 1. The number of pyridine rings is 1. The summed E-state index contributed by atoms with van der Waals surface area (Å²) < 4.78 is 0. The number of carbonyl (C=O) groups excluding carboxylic acids is 1. The monoisotopic (exact) mass is 391 g/mol. The first-order valence-electron chi connectivity index (χ1n) is 10.1. The summed E-state index contributed by atoms with van der Waals surface area (Å²) in [6.07, 6.45) is 6.70. The molecular formula is C26H21N3O. The van der Waals surface area contributed by atoms with Crippen molar-refractivity contribution < 1.29 is 4.79 Å². The number of H-pyrrole nitrogens is 1. The van der Waals surface area contributed by atoms with Crippen LogP contribution in [0.15, 0.2) is 79.0 Å². The number of amides is 1. The topological polar surface area (TPSA) is 57.8 Å². The minimum Gasteiger partial charge on any atom is -0.358 e. The van der Waals surface area contributed by atoms with Gasteiger partial charge in [0.2, 0.25) is 0 Å². The summed E-state index contributed by atoms with van der Waals surface area (Å²) in [5.41, 5.74) is 8.11. The smallest absolute Gasteiger partial charge is 0.253 e. The number of rotatable bonds is 4. The van der Waals surface area contributed by atoms with Gasteiger partial charge in [0.1, 0.15) is 0 Å². The molecular weight excluding hydrogens is 370 g/mol. The van der Waals surface area contributed by atoms with Gasteiger partial charge in [0.05, 0.1) is 11.3 Å². The third-order valence-electron chi connectivity index (χ3n) is 5.36. The SMILES string of the molecule is O=C1NCCc2[nH]c(-c3ccnc(/C=C/c4ccc(-c5ccccc5)cc4)c3)cc21. The minimum atomic E-state index is -0.00752. The molecule has 0 saturated carbocycles. The van der Waals surface area contributed by atoms with Gasteiger partial charge in [-0.3, -0.25) is 9.78 Å². The molecule has 2 aromatic carbocycles. The summed E-state index contributed by atoms with van der Waals surface area (Å²) in [6.45, 7) is 0.680. The van der Waals surface area contributed by atoms with E-state index in [4.69, 9.17) is 0 Å². The van der Waals surface area contributed by atoms with Crippen LogP contribution < -0.4 is 5.32 Å². The molecule has 0 fully saturated rings. The molecule has 2 aromatic heterocycles. The Bertz CT molecular complexity index is 1220. The van der Waals surface area contributed by atoms with Gasteiger partial charge in [-0.05, 0) is 41.0 Å². The molecule has 0 aliphatic carbocycles. The number of carbonyl (C=O) groups is 1. The van der Waals surface area contributed by atoms with Gasteiger partial charge in [0.15, 0.2) is 0 Å². The Morgan fingerprint density at radius 3 is 2.43 bits per heavy atom. The first-order chi connectivity index (χ1) is 14.8. The van der Waals surface area contributed by atoms with Crippen molar-refractivity contribution in [3.05, 3.63) is 102 Å². The van der Waals surface area contributed by atoms with Gasteiger partial charge in [-0.25, -0.2) is 0 Å². The number of fused-ring (bicyclic) bond motifs is 1. The van der Waals surface area contributed by atoms with E-state index in [1.165, 1.54) is 11.1 Å². The lowest BCUT2D eigenvalue weighted by atomic mass is 10.0. The van der Waals surface area contributed by atoms with Gasteiger partial charge < -0.3 is 10.3 Å². The van der Waals surface area contributed by atoms with Crippen molar-refractivity contribution in [2.24, 2.45) is 0 Å². The highest BCUT2D eigenvalue weighted by molar-refractivity contribution is 5.97. The third-order valence-corrected chi connectivity index (χ3v) is 5.36. The van der Waals surface area contributed by atoms with E-state index in [1.54, 1.807) is 6.20 Å². The van der Waals surface area contributed by atoms with Crippen molar-refractivity contribution in [3.63, 3.8) is 0 Å². The van der Waals surface area contributed by atoms with Gasteiger partial charge in [0, 0.05) is 36.1 Å². The van der Waals surface area contributed by atoms with Gasteiger partial charge in [0.25, 0.3) is 5.91 Å². The summed E-state index contributed by atoms with van der Waals surface area (Å²) >= 11 is 0. The van der Waals surface area contributed by atoms with Crippen molar-refractivity contribution in [2.75, 3.05) is 6.54 Å². The van der Waals surface area contributed by atoms with E-state index in [9.17, 15) is 4.79 Å². The Kier molecular flexibility index (Phi) is 4.74. The Balaban J connectivity index is 1.36. The molecule has 1 aliphatic heterocycles. The first-order valence-corrected chi connectivity index (χ1v) is 10.1. The zero-order chi connectivity index (χ0) is 20.3. The average molecular weight is 391 g/mol. The lowest BCUT2D eigenvalue weighted by Crippen LogP contribution is -2.31. The Labute approximate surface area is 175 Å². The van der Waals surface area contributed by atoms with Gasteiger partial charge in [-0.15, -0.1) is 0 Å². The van der Waals surface area contributed by atoms with E-state index in [1.807, 2.05) is 30.3 Å². The largest absolute Gasteiger partial charge is 0.358 e. The number of nitrogens with one attached hydrogen (secondary N) is 2. The standard InChI is InChI=1S/C26H21N3O/c30-26-23-17-25(29-24(23)13-15-28-26)21-12-14-27-22(16-21)11-8-18-6-9-20(10-7-18)19-4-2-1-3-5-19/h1-12,14,16-17,29H,13,15H2,(H,28,30)/b11-8+. The van der Waals surface area contributed by atoms with Crippen molar-refractivity contribution in [3.8, 4) is 22.4 Å². The molecule has 0 unspecified atom stereocenters. The molecule has 5 rings (SSSR count). The van der Waals surface area contributed by atoms with Gasteiger partial charge in [-0.2, -0.15) is 0 Å². The maximum Gasteiger partial charge on any atom is 0.253 e. The highest BCUT2D eigenvalue weighted by Crippen LogP contribution is 2.25. The molecule has 4 heteroatoms. The van der Waals surface area contributed by atoms with Crippen molar-refractivity contribution in [1.82, 2.24) is 15.3 Å². The molecule has 0 spiro atoms. The molecule has 4 nitrogen and oxygen atoms in total.